The molecule has 2 unspecified atom stereocenters. The Morgan fingerprint density at radius 3 is 2.17 bits per heavy atom. The Kier molecular flexibility index (Phi) is 7.64. The maximum atomic E-state index is 12.5. The minimum absolute atomic E-state index is 0.0126. The third-order valence-corrected chi connectivity index (χ3v) is 6.53. The second-order valence-electron chi connectivity index (χ2n) is 9.69. The van der Waals surface area contributed by atoms with E-state index in [0.717, 1.165) is 28.1 Å². The van der Waals surface area contributed by atoms with E-state index in [1.165, 1.54) is 0 Å². The maximum Gasteiger partial charge on any atom is 0.309 e. The molecule has 0 radical (unpaired) electrons. The van der Waals surface area contributed by atoms with E-state index in [2.05, 4.69) is 18.9 Å². The van der Waals surface area contributed by atoms with Gasteiger partial charge in [-0.05, 0) is 48.4 Å². The lowest BCUT2D eigenvalue weighted by molar-refractivity contribution is -0.146. The number of carboxylic acid groups (broad SMARTS) is 1. The van der Waals surface area contributed by atoms with Crippen molar-refractivity contribution in [2.45, 2.75) is 45.8 Å². The van der Waals surface area contributed by atoms with Gasteiger partial charge in [-0.25, -0.2) is 0 Å². The van der Waals surface area contributed by atoms with Crippen LogP contribution in [0.5, 0.6) is 0 Å². The molecule has 2 aromatic carbocycles. The van der Waals surface area contributed by atoms with Crippen molar-refractivity contribution in [3.63, 3.8) is 0 Å². The number of nitrogens with zero attached hydrogens (tertiary/aromatic N) is 3. The SMILES string of the molecule is CC(C)Cn1cc(-c2ccc(CCC(O)C(CCN3C(=O)c4ccccc4C3=O)C(=O)O)cc2)cn1. The van der Waals surface area contributed by atoms with E-state index in [9.17, 15) is 24.6 Å². The van der Waals surface area contributed by atoms with Crippen LogP contribution in [0, 0.1) is 11.8 Å². The van der Waals surface area contributed by atoms with Crippen molar-refractivity contribution in [3.05, 3.63) is 77.6 Å². The molecule has 0 bridgehead atoms. The van der Waals surface area contributed by atoms with Gasteiger partial charge in [0.15, 0.2) is 0 Å². The zero-order valence-electron chi connectivity index (χ0n) is 20.5. The summed E-state index contributed by atoms with van der Waals surface area (Å²) in [5, 5.41) is 24.7. The van der Waals surface area contributed by atoms with E-state index < -0.39 is 29.8 Å². The number of hydrogen-bond donors (Lipinski definition) is 2. The molecule has 0 aliphatic carbocycles. The van der Waals surface area contributed by atoms with E-state index in [1.807, 2.05) is 41.3 Å². The normalized spacial score (nSPS) is 14.8. The molecular weight excluding hydrogens is 458 g/mol. The number of aromatic nitrogens is 2. The number of carbonyl (C=O) groups excluding carboxylic acids is 2. The highest BCUT2D eigenvalue weighted by molar-refractivity contribution is 6.21. The van der Waals surface area contributed by atoms with E-state index in [-0.39, 0.29) is 19.4 Å². The van der Waals surface area contributed by atoms with E-state index >= 15 is 0 Å². The molecule has 1 aromatic heterocycles. The van der Waals surface area contributed by atoms with Crippen LogP contribution in [0.4, 0.5) is 0 Å². The molecule has 0 spiro atoms. The molecule has 2 amide bonds. The number of aliphatic carboxylic acids is 1. The van der Waals surface area contributed by atoms with E-state index in [4.69, 9.17) is 0 Å². The Balaban J connectivity index is 1.32. The third kappa shape index (κ3) is 5.54. The molecular formula is C28H31N3O5. The lowest BCUT2D eigenvalue weighted by Crippen LogP contribution is -2.36. The summed E-state index contributed by atoms with van der Waals surface area (Å²) in [7, 11) is 0. The second-order valence-corrected chi connectivity index (χ2v) is 9.69. The highest BCUT2D eigenvalue weighted by atomic mass is 16.4. The molecule has 4 rings (SSSR count). The van der Waals surface area contributed by atoms with Crippen LogP contribution in [-0.4, -0.2) is 55.3 Å². The van der Waals surface area contributed by atoms with Crippen molar-refractivity contribution in [2.75, 3.05) is 6.54 Å². The highest BCUT2D eigenvalue weighted by Gasteiger charge is 2.36. The fourth-order valence-electron chi connectivity index (χ4n) is 4.56. The lowest BCUT2D eigenvalue weighted by atomic mass is 9.93. The van der Waals surface area contributed by atoms with Gasteiger partial charge in [0, 0.05) is 24.8 Å². The monoisotopic (exact) mass is 489 g/mol. The van der Waals surface area contributed by atoms with Gasteiger partial charge < -0.3 is 10.2 Å². The van der Waals surface area contributed by atoms with E-state index in [1.54, 1.807) is 24.3 Å². The molecule has 8 heteroatoms. The first-order valence-electron chi connectivity index (χ1n) is 12.2. The van der Waals surface area contributed by atoms with Gasteiger partial charge >= 0.3 is 5.97 Å². The molecule has 8 nitrogen and oxygen atoms in total. The van der Waals surface area contributed by atoms with Crippen LogP contribution in [0.1, 0.15) is 53.0 Å². The van der Waals surface area contributed by atoms with Crippen molar-refractivity contribution >= 4 is 17.8 Å². The standard InChI is InChI=1S/C28H31N3O5/c1-18(2)16-30-17-21(15-29-30)20-10-7-19(8-11-20)9-12-25(32)24(28(35)36)13-14-31-26(33)22-5-3-4-6-23(22)27(31)34/h3-8,10-11,15,17-18,24-25,32H,9,12-14,16H2,1-2H3,(H,35,36). The molecule has 1 aliphatic rings. The Morgan fingerprint density at radius 2 is 1.58 bits per heavy atom. The largest absolute Gasteiger partial charge is 0.481 e. The summed E-state index contributed by atoms with van der Waals surface area (Å²) < 4.78 is 1.93. The van der Waals surface area contributed by atoms with Crippen LogP contribution in [-0.2, 0) is 17.8 Å². The molecule has 1 aliphatic heterocycles. The molecule has 2 heterocycles. The van der Waals surface area contributed by atoms with Crippen LogP contribution in [0.2, 0.25) is 0 Å². The molecule has 2 N–H and O–H groups in total. The average Bonchev–Trinajstić information content (AvgIpc) is 3.41. The Bertz CT molecular complexity index is 1210. The molecule has 0 fully saturated rings. The summed E-state index contributed by atoms with van der Waals surface area (Å²) in [4.78, 5) is 38.0. The summed E-state index contributed by atoms with van der Waals surface area (Å²) in [5.41, 5.74) is 3.70. The molecule has 36 heavy (non-hydrogen) atoms. The fraction of sp³-hybridized carbons (Fsp3) is 0.357. The maximum absolute atomic E-state index is 12.5. The Labute approximate surface area is 210 Å². The van der Waals surface area contributed by atoms with Gasteiger partial charge in [0.05, 0.1) is 29.3 Å². The number of hydrogen-bond acceptors (Lipinski definition) is 5. The second kappa shape index (κ2) is 10.9. The Hall–Kier alpha value is -3.78. The molecule has 2 atom stereocenters. The first-order chi connectivity index (χ1) is 17.2. The summed E-state index contributed by atoms with van der Waals surface area (Å²) in [6.45, 7) is 5.08. The number of carboxylic acids is 1. The van der Waals surface area contributed by atoms with Gasteiger partial charge in [-0.15, -0.1) is 0 Å². The van der Waals surface area contributed by atoms with Crippen molar-refractivity contribution in [1.29, 1.82) is 0 Å². The first kappa shape index (κ1) is 25.3. The van der Waals surface area contributed by atoms with Crippen LogP contribution in [0.15, 0.2) is 60.9 Å². The van der Waals surface area contributed by atoms with Gasteiger partial charge in [0.2, 0.25) is 0 Å². The van der Waals surface area contributed by atoms with Gasteiger partial charge in [-0.3, -0.25) is 24.0 Å². The van der Waals surface area contributed by atoms with Crippen LogP contribution >= 0.6 is 0 Å². The summed E-state index contributed by atoms with van der Waals surface area (Å²) >= 11 is 0. The predicted molar refractivity (Wildman–Crippen MR) is 134 cm³/mol. The number of aliphatic hydroxyl groups is 1. The van der Waals surface area contributed by atoms with E-state index in [0.29, 0.717) is 23.5 Å². The number of imide groups is 1. The number of fused-ring (bicyclic) bond motifs is 1. The number of benzene rings is 2. The molecule has 0 saturated heterocycles. The van der Waals surface area contributed by atoms with Crippen molar-refractivity contribution in [1.82, 2.24) is 14.7 Å². The molecule has 3 aromatic rings. The molecule has 0 saturated carbocycles. The van der Waals surface area contributed by atoms with Gasteiger partial charge in [0.25, 0.3) is 11.8 Å². The smallest absolute Gasteiger partial charge is 0.309 e. The van der Waals surface area contributed by atoms with Crippen molar-refractivity contribution in [3.8, 4) is 11.1 Å². The van der Waals surface area contributed by atoms with Gasteiger partial charge in [-0.1, -0.05) is 50.2 Å². The number of amides is 2. The molecule has 188 valence electrons. The number of aliphatic hydroxyl groups excluding tert-OH is 1. The fourth-order valence-corrected chi connectivity index (χ4v) is 4.56. The minimum Gasteiger partial charge on any atom is -0.481 e. The lowest BCUT2D eigenvalue weighted by Gasteiger charge is -2.22. The predicted octanol–water partition coefficient (Wildman–Crippen LogP) is 3.89. The topological polar surface area (TPSA) is 113 Å². The summed E-state index contributed by atoms with van der Waals surface area (Å²) in [6.07, 6.45) is 3.50. The first-order valence-corrected chi connectivity index (χ1v) is 12.2. The number of carbonyl (C=O) groups is 3. The van der Waals surface area contributed by atoms with Gasteiger partial charge in [-0.2, -0.15) is 5.10 Å². The minimum atomic E-state index is -1.15. The van der Waals surface area contributed by atoms with Gasteiger partial charge in [0.1, 0.15) is 0 Å². The van der Waals surface area contributed by atoms with Crippen LogP contribution < -0.4 is 0 Å². The Morgan fingerprint density at radius 1 is 0.944 bits per heavy atom. The number of aryl methyl sites for hydroxylation is 1. The zero-order valence-corrected chi connectivity index (χ0v) is 20.5. The average molecular weight is 490 g/mol. The van der Waals surface area contributed by atoms with Crippen LogP contribution in [0.25, 0.3) is 11.1 Å². The van der Waals surface area contributed by atoms with Crippen molar-refractivity contribution < 1.29 is 24.6 Å². The highest BCUT2D eigenvalue weighted by Crippen LogP contribution is 2.25. The summed E-state index contributed by atoms with van der Waals surface area (Å²) in [5.74, 6) is -2.57. The third-order valence-electron chi connectivity index (χ3n) is 6.53. The van der Waals surface area contributed by atoms with Crippen molar-refractivity contribution in [2.24, 2.45) is 11.8 Å². The number of rotatable bonds is 11. The van der Waals surface area contributed by atoms with Crippen LogP contribution in [0.3, 0.4) is 0 Å². The quantitative estimate of drug-likeness (QED) is 0.395. The zero-order chi connectivity index (χ0) is 25.8. The summed E-state index contributed by atoms with van der Waals surface area (Å²) in [6, 6.07) is 14.5.